The first-order valence-electron chi connectivity index (χ1n) is 9.12. The number of thioether (sulfide) groups is 1. The summed E-state index contributed by atoms with van der Waals surface area (Å²) in [7, 11) is 1.80. The number of anilines is 1. The van der Waals surface area contributed by atoms with Crippen LogP contribution >= 0.6 is 11.8 Å². The van der Waals surface area contributed by atoms with Crippen molar-refractivity contribution in [2.45, 2.75) is 19.0 Å². The van der Waals surface area contributed by atoms with E-state index >= 15 is 0 Å². The summed E-state index contributed by atoms with van der Waals surface area (Å²) in [5.41, 5.74) is 3.99. The molecule has 4 rings (SSSR count). The topological polar surface area (TPSA) is 113 Å². The Bertz CT molecular complexity index is 1230. The predicted octanol–water partition coefficient (Wildman–Crippen LogP) is 2.30. The third-order valence-electron chi connectivity index (χ3n) is 4.42. The van der Waals surface area contributed by atoms with Crippen LogP contribution in [0.25, 0.3) is 16.7 Å². The molecule has 0 unspecified atom stereocenters. The van der Waals surface area contributed by atoms with Crippen molar-refractivity contribution in [3.05, 3.63) is 41.6 Å². The SMILES string of the molecule is CSc1nnnn1-c1cccc(NC(=O)COc2nn(C)c3nc(C)cc(C)c23)c1. The molecule has 1 amide bonds. The number of nitrogens with zero attached hydrogens (tertiary/aromatic N) is 7. The molecule has 0 atom stereocenters. The Morgan fingerprint density at radius 1 is 1.27 bits per heavy atom. The summed E-state index contributed by atoms with van der Waals surface area (Å²) in [6.45, 7) is 3.72. The lowest BCUT2D eigenvalue weighted by atomic mass is 10.2. The quantitative estimate of drug-likeness (QED) is 0.469. The van der Waals surface area contributed by atoms with Gasteiger partial charge in [0, 0.05) is 18.4 Å². The molecule has 0 radical (unpaired) electrons. The lowest BCUT2D eigenvalue weighted by molar-refractivity contribution is -0.118. The first kappa shape index (κ1) is 19.8. The first-order chi connectivity index (χ1) is 14.5. The van der Waals surface area contributed by atoms with Crippen LogP contribution in [0.1, 0.15) is 11.3 Å². The second-order valence-electron chi connectivity index (χ2n) is 6.67. The molecule has 3 heterocycles. The minimum Gasteiger partial charge on any atom is -0.466 e. The fraction of sp³-hybridized carbons (Fsp3) is 0.263. The number of fused-ring (bicyclic) bond motifs is 1. The molecule has 4 aromatic rings. The molecule has 0 aliphatic rings. The van der Waals surface area contributed by atoms with Gasteiger partial charge in [-0.15, -0.1) is 10.2 Å². The summed E-state index contributed by atoms with van der Waals surface area (Å²) < 4.78 is 8.97. The van der Waals surface area contributed by atoms with Crippen LogP contribution in [0.15, 0.2) is 35.5 Å². The number of aryl methyl sites for hydroxylation is 3. The normalized spacial score (nSPS) is 11.1. The van der Waals surface area contributed by atoms with Crippen LogP contribution in [0.3, 0.4) is 0 Å². The van der Waals surface area contributed by atoms with Crippen LogP contribution < -0.4 is 10.1 Å². The highest BCUT2D eigenvalue weighted by Crippen LogP contribution is 2.27. The van der Waals surface area contributed by atoms with E-state index in [-0.39, 0.29) is 12.5 Å². The maximum atomic E-state index is 12.5. The summed E-state index contributed by atoms with van der Waals surface area (Å²) in [5, 5.41) is 20.3. The molecule has 0 saturated heterocycles. The van der Waals surface area contributed by atoms with Crippen molar-refractivity contribution in [3.8, 4) is 11.6 Å². The van der Waals surface area contributed by atoms with Gasteiger partial charge in [-0.2, -0.15) is 4.68 Å². The molecular formula is C19H20N8O2S. The van der Waals surface area contributed by atoms with Crippen molar-refractivity contribution < 1.29 is 9.53 Å². The molecule has 0 bridgehead atoms. The Morgan fingerprint density at radius 3 is 2.90 bits per heavy atom. The molecule has 10 nitrogen and oxygen atoms in total. The molecule has 0 fully saturated rings. The van der Waals surface area contributed by atoms with Crippen LogP contribution in [0.4, 0.5) is 5.69 Å². The van der Waals surface area contributed by atoms with Gasteiger partial charge in [0.15, 0.2) is 12.3 Å². The average molecular weight is 424 g/mol. The van der Waals surface area contributed by atoms with Crippen molar-refractivity contribution in [1.29, 1.82) is 0 Å². The van der Waals surface area contributed by atoms with Crippen LogP contribution in [0, 0.1) is 13.8 Å². The van der Waals surface area contributed by atoms with Gasteiger partial charge in [0.05, 0.1) is 11.1 Å². The summed E-state index contributed by atoms with van der Waals surface area (Å²) >= 11 is 1.43. The van der Waals surface area contributed by atoms with Gasteiger partial charge in [0.2, 0.25) is 11.0 Å². The molecule has 154 valence electrons. The van der Waals surface area contributed by atoms with E-state index in [2.05, 4.69) is 30.9 Å². The Hall–Kier alpha value is -3.47. The Kier molecular flexibility index (Phi) is 5.36. The van der Waals surface area contributed by atoms with Crippen LogP contribution in [0.5, 0.6) is 5.88 Å². The van der Waals surface area contributed by atoms with Crippen LogP contribution in [0.2, 0.25) is 0 Å². The van der Waals surface area contributed by atoms with Gasteiger partial charge in [-0.05, 0) is 60.4 Å². The number of hydrogen-bond donors (Lipinski definition) is 1. The lowest BCUT2D eigenvalue weighted by Crippen LogP contribution is -2.20. The van der Waals surface area contributed by atoms with Crippen molar-refractivity contribution in [3.63, 3.8) is 0 Å². The largest absolute Gasteiger partial charge is 0.466 e. The number of hydrogen-bond acceptors (Lipinski definition) is 8. The Morgan fingerprint density at radius 2 is 2.10 bits per heavy atom. The van der Waals surface area contributed by atoms with Crippen molar-refractivity contribution in [1.82, 2.24) is 35.0 Å². The number of aromatic nitrogens is 7. The maximum Gasteiger partial charge on any atom is 0.262 e. The van der Waals surface area contributed by atoms with E-state index in [0.29, 0.717) is 16.7 Å². The molecule has 1 N–H and O–H groups in total. The number of tetrazole rings is 1. The second-order valence-corrected chi connectivity index (χ2v) is 7.45. The fourth-order valence-electron chi connectivity index (χ4n) is 3.16. The number of amides is 1. The van der Waals surface area contributed by atoms with E-state index in [9.17, 15) is 4.79 Å². The molecule has 30 heavy (non-hydrogen) atoms. The molecule has 0 saturated carbocycles. The Balaban J connectivity index is 1.48. The molecule has 0 aliphatic carbocycles. The monoisotopic (exact) mass is 424 g/mol. The highest BCUT2D eigenvalue weighted by Gasteiger charge is 2.16. The molecular weight excluding hydrogens is 404 g/mol. The molecule has 3 aromatic heterocycles. The number of carbonyl (C=O) groups is 1. The number of benzene rings is 1. The predicted molar refractivity (Wildman–Crippen MR) is 113 cm³/mol. The van der Waals surface area contributed by atoms with Gasteiger partial charge in [0.1, 0.15) is 0 Å². The third-order valence-corrected chi connectivity index (χ3v) is 5.04. The lowest BCUT2D eigenvalue weighted by Gasteiger charge is -2.09. The van der Waals surface area contributed by atoms with E-state index in [0.717, 1.165) is 28.0 Å². The van der Waals surface area contributed by atoms with Gasteiger partial charge in [-0.1, -0.05) is 17.8 Å². The number of pyridine rings is 1. The maximum absolute atomic E-state index is 12.5. The van der Waals surface area contributed by atoms with E-state index in [1.54, 1.807) is 28.5 Å². The van der Waals surface area contributed by atoms with Crippen LogP contribution in [-0.2, 0) is 11.8 Å². The highest BCUT2D eigenvalue weighted by molar-refractivity contribution is 7.98. The zero-order valence-corrected chi connectivity index (χ0v) is 17.8. The van der Waals surface area contributed by atoms with Crippen molar-refractivity contribution in [2.75, 3.05) is 18.2 Å². The highest BCUT2D eigenvalue weighted by atomic mass is 32.2. The molecule has 11 heteroatoms. The molecule has 0 aliphatic heterocycles. The first-order valence-corrected chi connectivity index (χ1v) is 10.3. The average Bonchev–Trinajstić information content (AvgIpc) is 3.31. The van der Waals surface area contributed by atoms with Gasteiger partial charge in [-0.3, -0.25) is 4.79 Å². The van der Waals surface area contributed by atoms with E-state index < -0.39 is 0 Å². The second kappa shape index (κ2) is 8.11. The summed E-state index contributed by atoms with van der Waals surface area (Å²) in [6.07, 6.45) is 1.89. The van der Waals surface area contributed by atoms with Gasteiger partial charge < -0.3 is 10.1 Å². The van der Waals surface area contributed by atoms with Crippen LogP contribution in [-0.4, -0.2) is 53.7 Å². The number of carbonyl (C=O) groups excluding carboxylic acids is 1. The molecule has 1 aromatic carbocycles. The summed E-state index contributed by atoms with van der Waals surface area (Å²) in [5.74, 6) is 0.0881. The zero-order chi connectivity index (χ0) is 21.3. The summed E-state index contributed by atoms with van der Waals surface area (Å²) in [6, 6.07) is 9.23. The van der Waals surface area contributed by atoms with Crippen molar-refractivity contribution in [2.24, 2.45) is 7.05 Å². The minimum absolute atomic E-state index is 0.176. The van der Waals surface area contributed by atoms with Gasteiger partial charge >= 0.3 is 0 Å². The number of ether oxygens (including phenoxy) is 1. The summed E-state index contributed by atoms with van der Waals surface area (Å²) in [4.78, 5) is 17.0. The standard InChI is InChI=1S/C19H20N8O2S/c1-11-8-12(2)20-17-16(11)18(23-26(17)3)29-10-15(28)21-13-6-5-7-14(9-13)27-19(30-4)22-24-25-27/h5-9H,10H2,1-4H3,(H,21,28). The zero-order valence-electron chi connectivity index (χ0n) is 16.9. The fourth-order valence-corrected chi connectivity index (χ4v) is 3.60. The van der Waals surface area contributed by atoms with Gasteiger partial charge in [-0.25, -0.2) is 9.67 Å². The Labute approximate surface area is 176 Å². The van der Waals surface area contributed by atoms with E-state index in [4.69, 9.17) is 4.74 Å². The smallest absolute Gasteiger partial charge is 0.262 e. The van der Waals surface area contributed by atoms with E-state index in [1.807, 2.05) is 38.3 Å². The van der Waals surface area contributed by atoms with Gasteiger partial charge in [0.25, 0.3) is 5.91 Å². The third kappa shape index (κ3) is 3.83. The minimum atomic E-state index is -0.300. The molecule has 0 spiro atoms. The van der Waals surface area contributed by atoms with E-state index in [1.165, 1.54) is 11.8 Å². The number of nitrogens with one attached hydrogen (secondary N) is 1. The number of rotatable bonds is 6. The van der Waals surface area contributed by atoms with Crippen molar-refractivity contribution >= 4 is 34.4 Å².